The van der Waals surface area contributed by atoms with Crippen molar-refractivity contribution in [2.24, 2.45) is 0 Å². The molecule has 0 saturated carbocycles. The lowest BCUT2D eigenvalue weighted by Gasteiger charge is -2.05. The number of anilines is 1. The van der Waals surface area contributed by atoms with Crippen LogP contribution in [-0.2, 0) is 13.1 Å². The zero-order chi connectivity index (χ0) is 25.3. The highest BCUT2D eigenvalue weighted by atomic mass is 35.5. The summed E-state index contributed by atoms with van der Waals surface area (Å²) in [4.78, 5) is 12.5. The van der Waals surface area contributed by atoms with Gasteiger partial charge in [0, 0.05) is 11.8 Å². The van der Waals surface area contributed by atoms with Crippen LogP contribution in [-0.4, -0.2) is 25.5 Å². The number of halogens is 7. The number of benzene rings is 1. The first kappa shape index (κ1) is 24.7. The molecule has 0 unspecified atom stereocenters. The number of hydrogen-bond acceptors (Lipinski definition) is 4. The molecule has 0 aliphatic heterocycles. The smallest absolute Gasteiger partial charge is 0.292 e. The van der Waals surface area contributed by atoms with Crippen molar-refractivity contribution in [3.05, 3.63) is 86.9 Å². The van der Waals surface area contributed by atoms with Crippen LogP contribution >= 0.6 is 23.2 Å². The molecule has 35 heavy (non-hydrogen) atoms. The molecule has 14 heteroatoms. The monoisotopic (exact) mass is 533 g/mol. The predicted molar refractivity (Wildman–Crippen MR) is 116 cm³/mol. The van der Waals surface area contributed by atoms with Crippen molar-refractivity contribution in [3.8, 4) is 0 Å². The maximum absolute atomic E-state index is 13.9. The highest BCUT2D eigenvalue weighted by molar-refractivity contribution is 6.33. The third-order valence-electron chi connectivity index (χ3n) is 4.80. The van der Waals surface area contributed by atoms with Gasteiger partial charge < -0.3 is 9.73 Å². The van der Waals surface area contributed by atoms with Crippen molar-refractivity contribution in [2.45, 2.75) is 25.9 Å². The summed E-state index contributed by atoms with van der Waals surface area (Å²) >= 11 is 11.7. The van der Waals surface area contributed by atoms with Gasteiger partial charge in [-0.25, -0.2) is 22.0 Å². The fourth-order valence-electron chi connectivity index (χ4n) is 3.21. The van der Waals surface area contributed by atoms with E-state index in [1.807, 2.05) is 0 Å². The second kappa shape index (κ2) is 10.1. The fourth-order valence-corrected chi connectivity index (χ4v) is 3.70. The highest BCUT2D eigenvalue weighted by Gasteiger charge is 2.28. The topological polar surface area (TPSA) is 77.9 Å². The van der Waals surface area contributed by atoms with Crippen LogP contribution in [0.1, 0.15) is 46.1 Å². The Kier molecular flexibility index (Phi) is 7.13. The number of alkyl halides is 4. The summed E-state index contributed by atoms with van der Waals surface area (Å²) in [5.41, 5.74) is -1.51. The molecule has 3 heterocycles. The number of nitrogens with one attached hydrogen (secondary N) is 1. The highest BCUT2D eigenvalue weighted by Crippen LogP contribution is 2.35. The van der Waals surface area contributed by atoms with Gasteiger partial charge in [-0.05, 0) is 18.2 Å². The largest absolute Gasteiger partial charge is 0.454 e. The Balaban J connectivity index is 1.48. The molecule has 0 spiro atoms. The summed E-state index contributed by atoms with van der Waals surface area (Å²) < 4.78 is 73.8. The molecule has 1 amide bonds. The molecule has 7 nitrogen and oxygen atoms in total. The zero-order valence-corrected chi connectivity index (χ0v) is 18.9. The molecule has 0 aliphatic carbocycles. The Morgan fingerprint density at radius 2 is 1.77 bits per heavy atom. The second-order valence-electron chi connectivity index (χ2n) is 7.18. The number of nitrogens with zero attached hydrogens (tertiary/aromatic N) is 4. The first-order valence-electron chi connectivity index (χ1n) is 9.82. The normalized spacial score (nSPS) is 11.6. The minimum atomic E-state index is -3.16. The lowest BCUT2D eigenvalue weighted by atomic mass is 10.2. The van der Waals surface area contributed by atoms with Crippen LogP contribution in [0.25, 0.3) is 0 Å². The van der Waals surface area contributed by atoms with Crippen LogP contribution in [0, 0.1) is 5.82 Å². The van der Waals surface area contributed by atoms with Gasteiger partial charge >= 0.3 is 0 Å². The van der Waals surface area contributed by atoms with E-state index >= 15 is 0 Å². The number of amides is 1. The maximum Gasteiger partial charge on any atom is 0.292 e. The Bertz CT molecular complexity index is 1370. The minimum Gasteiger partial charge on any atom is -0.454 e. The summed E-state index contributed by atoms with van der Waals surface area (Å²) in [6.45, 7) is -0.413. The lowest BCUT2D eigenvalue weighted by molar-refractivity contribution is 0.0993. The molecule has 0 fully saturated rings. The Morgan fingerprint density at radius 3 is 2.46 bits per heavy atom. The molecule has 4 rings (SSSR count). The first-order valence-corrected chi connectivity index (χ1v) is 10.6. The average molecular weight is 534 g/mol. The summed E-state index contributed by atoms with van der Waals surface area (Å²) in [5.74, 6) is -1.47. The van der Waals surface area contributed by atoms with Crippen LogP contribution in [0.3, 0.4) is 0 Å². The fraction of sp³-hybridized carbons (Fsp3) is 0.190. The molecule has 3 aromatic heterocycles. The van der Waals surface area contributed by atoms with Gasteiger partial charge in [0.05, 0.1) is 18.1 Å². The molecule has 0 aliphatic rings. The maximum atomic E-state index is 13.9. The predicted octanol–water partition coefficient (Wildman–Crippen LogP) is 6.34. The van der Waals surface area contributed by atoms with E-state index in [1.165, 1.54) is 29.1 Å². The van der Waals surface area contributed by atoms with Gasteiger partial charge in [0.1, 0.15) is 28.0 Å². The standard InChI is InChI=1S/C21H14Cl2F5N5O2/c22-12-9-32(7-10-3-1-2-4-13(10)24)31-20(12)29-21(34)14-6-5-11(35-14)8-33-17(19(27)28)15(23)16(30-33)18(25)26/h1-6,9,18-19H,7-8H2,(H,29,31,34). The summed E-state index contributed by atoms with van der Waals surface area (Å²) in [5, 5.41) is 9.22. The number of hydrogen-bond donors (Lipinski definition) is 1. The van der Waals surface area contributed by atoms with E-state index < -0.39 is 47.5 Å². The first-order chi connectivity index (χ1) is 16.6. The molecule has 0 radical (unpaired) electrons. The summed E-state index contributed by atoms with van der Waals surface area (Å²) in [7, 11) is 0. The Morgan fingerprint density at radius 1 is 1.03 bits per heavy atom. The molecule has 1 N–H and O–H groups in total. The van der Waals surface area contributed by atoms with E-state index in [2.05, 4.69) is 15.5 Å². The van der Waals surface area contributed by atoms with Crippen molar-refractivity contribution in [3.63, 3.8) is 0 Å². The van der Waals surface area contributed by atoms with Crippen molar-refractivity contribution >= 4 is 34.9 Å². The van der Waals surface area contributed by atoms with Gasteiger partial charge in [-0.2, -0.15) is 10.2 Å². The van der Waals surface area contributed by atoms with Crippen LogP contribution in [0.15, 0.2) is 47.0 Å². The number of carbonyl (C=O) groups excluding carboxylic acids is 1. The third-order valence-corrected chi connectivity index (χ3v) is 5.46. The third kappa shape index (κ3) is 5.33. The van der Waals surface area contributed by atoms with Crippen LogP contribution < -0.4 is 5.32 Å². The van der Waals surface area contributed by atoms with E-state index in [0.717, 1.165) is 0 Å². The summed E-state index contributed by atoms with van der Waals surface area (Å²) in [6.07, 6.45) is -4.92. The Hall–Kier alpha value is -3.38. The van der Waals surface area contributed by atoms with Crippen LogP contribution in [0.2, 0.25) is 10.0 Å². The van der Waals surface area contributed by atoms with E-state index in [1.54, 1.807) is 18.2 Å². The second-order valence-corrected chi connectivity index (χ2v) is 7.96. The molecule has 184 valence electrons. The number of furan rings is 1. The van der Waals surface area contributed by atoms with Gasteiger partial charge in [0.15, 0.2) is 11.6 Å². The number of rotatable bonds is 8. The molecule has 0 bridgehead atoms. The molecule has 1 aromatic carbocycles. The average Bonchev–Trinajstić information content (AvgIpc) is 3.48. The van der Waals surface area contributed by atoms with Crippen LogP contribution in [0.5, 0.6) is 0 Å². The molecule has 4 aromatic rings. The van der Waals surface area contributed by atoms with Gasteiger partial charge in [-0.1, -0.05) is 41.4 Å². The minimum absolute atomic E-state index is 0.0202. The van der Waals surface area contributed by atoms with Crippen LogP contribution in [0.4, 0.5) is 27.8 Å². The Labute approximate surface area is 204 Å². The van der Waals surface area contributed by atoms with Crippen molar-refractivity contribution in [1.82, 2.24) is 19.6 Å². The summed E-state index contributed by atoms with van der Waals surface area (Å²) in [6, 6.07) is 8.62. The van der Waals surface area contributed by atoms with E-state index in [9.17, 15) is 26.7 Å². The van der Waals surface area contributed by atoms with E-state index in [4.69, 9.17) is 27.6 Å². The van der Waals surface area contributed by atoms with Crippen molar-refractivity contribution in [2.75, 3.05) is 5.32 Å². The van der Waals surface area contributed by atoms with E-state index in [0.29, 0.717) is 10.2 Å². The molecular weight excluding hydrogens is 520 g/mol. The van der Waals surface area contributed by atoms with Gasteiger partial charge in [-0.3, -0.25) is 14.2 Å². The molecule has 0 atom stereocenters. The SMILES string of the molecule is O=C(Nc1nn(Cc2ccccc2F)cc1Cl)c1ccc(Cn2nc(C(F)F)c(Cl)c2C(F)F)o1. The lowest BCUT2D eigenvalue weighted by Crippen LogP contribution is -2.12. The number of carbonyl (C=O) groups is 1. The quantitative estimate of drug-likeness (QED) is 0.268. The molecular formula is C21H14Cl2F5N5O2. The molecule has 0 saturated heterocycles. The van der Waals surface area contributed by atoms with Gasteiger partial charge in [-0.15, -0.1) is 0 Å². The van der Waals surface area contributed by atoms with Gasteiger partial charge in [0.2, 0.25) is 0 Å². The van der Waals surface area contributed by atoms with Crippen molar-refractivity contribution < 1.29 is 31.2 Å². The zero-order valence-electron chi connectivity index (χ0n) is 17.4. The number of aromatic nitrogens is 4. The van der Waals surface area contributed by atoms with E-state index in [-0.39, 0.29) is 28.9 Å². The van der Waals surface area contributed by atoms with Crippen molar-refractivity contribution in [1.29, 1.82) is 0 Å². The van der Waals surface area contributed by atoms with Gasteiger partial charge in [0.25, 0.3) is 18.8 Å².